The number of methoxy groups -OCH3 is 1. The van der Waals surface area contributed by atoms with Gasteiger partial charge in [0.15, 0.2) is 6.10 Å². The van der Waals surface area contributed by atoms with Crippen molar-refractivity contribution in [1.29, 1.82) is 0 Å². The third-order valence-electron chi connectivity index (χ3n) is 4.06. The van der Waals surface area contributed by atoms with Crippen LogP contribution in [0, 0.1) is 19.8 Å². The summed E-state index contributed by atoms with van der Waals surface area (Å²) in [5.74, 6) is -2.28. The molecular weight excluding hydrogens is 388 g/mol. The van der Waals surface area contributed by atoms with Crippen LogP contribution in [0.2, 0.25) is 0 Å². The highest BCUT2D eigenvalue weighted by Crippen LogP contribution is 2.17. The van der Waals surface area contributed by atoms with Crippen molar-refractivity contribution >= 4 is 28.0 Å². The highest BCUT2D eigenvalue weighted by molar-refractivity contribution is 7.89. The average molecular weight is 414 g/mol. The number of hydrogen-bond acceptors (Lipinski definition) is 7. The molecule has 156 valence electrons. The zero-order valence-corrected chi connectivity index (χ0v) is 17.5. The minimum atomic E-state index is -3.99. The van der Waals surface area contributed by atoms with Gasteiger partial charge in [-0.3, -0.25) is 14.9 Å². The van der Waals surface area contributed by atoms with Gasteiger partial charge in [-0.25, -0.2) is 13.2 Å². The zero-order valence-electron chi connectivity index (χ0n) is 16.7. The molecule has 0 aliphatic carbocycles. The Morgan fingerprint density at radius 3 is 2.14 bits per heavy atom. The molecule has 0 aliphatic heterocycles. The number of sulfonamides is 1. The van der Waals surface area contributed by atoms with Crippen molar-refractivity contribution in [2.45, 2.75) is 51.7 Å². The van der Waals surface area contributed by atoms with Crippen molar-refractivity contribution in [2.24, 2.45) is 5.92 Å². The standard InChI is InChI=1S/C18H26N2O7S/c1-10(2)15(17(22)27-13(5)16(21)19-18(23)26-6)20-28(24,25)14-8-7-11(3)12(4)9-14/h7-10,13,15,20H,1-6H3,(H,19,21,23)/t13-,15-/m1/s1. The number of hydrogen-bond donors (Lipinski definition) is 2. The van der Waals surface area contributed by atoms with Crippen LogP contribution in [0.4, 0.5) is 4.79 Å². The second-order valence-corrected chi connectivity index (χ2v) is 8.36. The third-order valence-corrected chi connectivity index (χ3v) is 5.50. The topological polar surface area (TPSA) is 128 Å². The molecule has 0 saturated carbocycles. The predicted octanol–water partition coefficient (Wildman–Crippen LogP) is 1.42. The lowest BCUT2D eigenvalue weighted by molar-refractivity contribution is -0.157. The summed E-state index contributed by atoms with van der Waals surface area (Å²) in [4.78, 5) is 35.3. The number of esters is 1. The van der Waals surface area contributed by atoms with Crippen LogP contribution < -0.4 is 10.0 Å². The fourth-order valence-corrected chi connectivity index (χ4v) is 3.54. The maximum Gasteiger partial charge on any atom is 0.413 e. The van der Waals surface area contributed by atoms with Crippen molar-refractivity contribution < 1.29 is 32.3 Å². The molecular formula is C18H26N2O7S. The van der Waals surface area contributed by atoms with E-state index < -0.39 is 46.1 Å². The van der Waals surface area contributed by atoms with Gasteiger partial charge < -0.3 is 9.47 Å². The van der Waals surface area contributed by atoms with Crippen LogP contribution in [-0.2, 0) is 29.1 Å². The molecule has 0 radical (unpaired) electrons. The van der Waals surface area contributed by atoms with E-state index in [0.717, 1.165) is 18.2 Å². The Morgan fingerprint density at radius 1 is 1.04 bits per heavy atom. The summed E-state index contributed by atoms with van der Waals surface area (Å²) in [6.07, 6.45) is -2.32. The smallest absolute Gasteiger partial charge is 0.413 e. The number of carbonyl (C=O) groups excluding carboxylic acids is 3. The quantitative estimate of drug-likeness (QED) is 0.646. The average Bonchev–Trinajstić information content (AvgIpc) is 2.61. The van der Waals surface area contributed by atoms with Gasteiger partial charge in [-0.1, -0.05) is 19.9 Å². The van der Waals surface area contributed by atoms with E-state index in [-0.39, 0.29) is 4.90 Å². The van der Waals surface area contributed by atoms with Crippen molar-refractivity contribution in [3.63, 3.8) is 0 Å². The second kappa shape index (κ2) is 9.65. The van der Waals surface area contributed by atoms with Gasteiger partial charge in [0.05, 0.1) is 12.0 Å². The van der Waals surface area contributed by atoms with Crippen LogP contribution in [0.3, 0.4) is 0 Å². The molecule has 2 atom stereocenters. The first kappa shape index (κ1) is 23.6. The minimum absolute atomic E-state index is 0.0190. The minimum Gasteiger partial charge on any atom is -0.453 e. The number of nitrogens with one attached hydrogen (secondary N) is 2. The number of amides is 2. The Bertz CT molecular complexity index is 849. The molecule has 0 saturated heterocycles. The third kappa shape index (κ3) is 6.31. The summed E-state index contributed by atoms with van der Waals surface area (Å²) < 4.78 is 37.0. The Labute approximate surface area is 164 Å². The van der Waals surface area contributed by atoms with Crippen LogP contribution in [-0.4, -0.2) is 45.6 Å². The SMILES string of the molecule is COC(=O)NC(=O)[C@@H](C)OC(=O)[C@H](NS(=O)(=O)c1ccc(C)c(C)c1)C(C)C. The summed E-state index contributed by atoms with van der Waals surface area (Å²) in [5, 5.41) is 1.87. The van der Waals surface area contributed by atoms with Crippen molar-refractivity contribution in [3.05, 3.63) is 29.3 Å². The van der Waals surface area contributed by atoms with Crippen LogP contribution >= 0.6 is 0 Å². The molecule has 1 rings (SSSR count). The number of rotatable bonds is 7. The fourth-order valence-electron chi connectivity index (χ4n) is 2.13. The first-order valence-electron chi connectivity index (χ1n) is 8.58. The first-order chi connectivity index (χ1) is 12.9. The van der Waals surface area contributed by atoms with Gasteiger partial charge in [-0.05, 0) is 49.9 Å². The van der Waals surface area contributed by atoms with E-state index in [1.54, 1.807) is 26.8 Å². The van der Waals surface area contributed by atoms with Gasteiger partial charge in [-0.15, -0.1) is 0 Å². The van der Waals surface area contributed by atoms with Gasteiger partial charge in [0.1, 0.15) is 6.04 Å². The van der Waals surface area contributed by atoms with E-state index in [9.17, 15) is 22.8 Å². The summed E-state index contributed by atoms with van der Waals surface area (Å²) in [7, 11) is -2.91. The van der Waals surface area contributed by atoms with E-state index in [4.69, 9.17) is 4.74 Å². The number of carbonyl (C=O) groups is 3. The van der Waals surface area contributed by atoms with E-state index >= 15 is 0 Å². The molecule has 1 aromatic carbocycles. The summed E-state index contributed by atoms with van der Waals surface area (Å²) in [6, 6.07) is 3.40. The first-order valence-corrected chi connectivity index (χ1v) is 10.1. The molecule has 9 nitrogen and oxygen atoms in total. The molecule has 0 heterocycles. The molecule has 2 amide bonds. The molecule has 0 bridgehead atoms. The van der Waals surface area contributed by atoms with Gasteiger partial charge in [-0.2, -0.15) is 4.72 Å². The van der Waals surface area contributed by atoms with E-state index in [2.05, 4.69) is 9.46 Å². The molecule has 2 N–H and O–H groups in total. The lowest BCUT2D eigenvalue weighted by Crippen LogP contribution is -2.48. The van der Waals surface area contributed by atoms with Crippen LogP contribution in [0.25, 0.3) is 0 Å². The Kier molecular flexibility index (Phi) is 8.13. The normalized spacial score (nSPS) is 13.5. The predicted molar refractivity (Wildman–Crippen MR) is 101 cm³/mol. The molecule has 0 unspecified atom stereocenters. The number of alkyl carbamates (subject to hydrolysis) is 1. The largest absolute Gasteiger partial charge is 0.453 e. The van der Waals surface area contributed by atoms with Crippen LogP contribution in [0.15, 0.2) is 23.1 Å². The Morgan fingerprint density at radius 2 is 1.64 bits per heavy atom. The molecule has 10 heteroatoms. The number of imide groups is 1. The maximum atomic E-state index is 12.7. The molecule has 0 aromatic heterocycles. The second-order valence-electron chi connectivity index (χ2n) is 6.65. The lowest BCUT2D eigenvalue weighted by Gasteiger charge is -2.22. The molecule has 0 fully saturated rings. The molecule has 0 spiro atoms. The molecule has 28 heavy (non-hydrogen) atoms. The Balaban J connectivity index is 2.94. The van der Waals surface area contributed by atoms with Gasteiger partial charge in [0.2, 0.25) is 10.0 Å². The highest BCUT2D eigenvalue weighted by Gasteiger charge is 2.32. The molecule has 1 aromatic rings. The lowest BCUT2D eigenvalue weighted by atomic mass is 10.1. The van der Waals surface area contributed by atoms with Gasteiger partial charge in [0, 0.05) is 0 Å². The number of benzene rings is 1. The van der Waals surface area contributed by atoms with Crippen molar-refractivity contribution in [3.8, 4) is 0 Å². The van der Waals surface area contributed by atoms with Crippen LogP contribution in [0.1, 0.15) is 31.9 Å². The van der Waals surface area contributed by atoms with Crippen molar-refractivity contribution in [1.82, 2.24) is 10.0 Å². The monoisotopic (exact) mass is 414 g/mol. The summed E-state index contributed by atoms with van der Waals surface area (Å²) in [5.41, 5.74) is 1.73. The van der Waals surface area contributed by atoms with Gasteiger partial charge in [0.25, 0.3) is 5.91 Å². The van der Waals surface area contributed by atoms with Crippen LogP contribution in [0.5, 0.6) is 0 Å². The fraction of sp³-hybridized carbons (Fsp3) is 0.500. The van der Waals surface area contributed by atoms with Crippen molar-refractivity contribution in [2.75, 3.05) is 7.11 Å². The summed E-state index contributed by atoms with van der Waals surface area (Å²) >= 11 is 0. The number of ether oxygens (including phenoxy) is 2. The maximum absolute atomic E-state index is 12.7. The zero-order chi connectivity index (χ0) is 21.6. The molecule has 0 aliphatic rings. The number of aryl methyl sites for hydroxylation is 2. The van der Waals surface area contributed by atoms with E-state index in [1.165, 1.54) is 19.1 Å². The Hall–Kier alpha value is -2.46. The highest BCUT2D eigenvalue weighted by atomic mass is 32.2. The van der Waals surface area contributed by atoms with Gasteiger partial charge >= 0.3 is 12.1 Å². The summed E-state index contributed by atoms with van der Waals surface area (Å²) in [6.45, 7) is 8.16. The van der Waals surface area contributed by atoms with E-state index in [1.807, 2.05) is 12.2 Å². The van der Waals surface area contributed by atoms with E-state index in [0.29, 0.717) is 0 Å².